The van der Waals surface area contributed by atoms with E-state index < -0.39 is 0 Å². The predicted molar refractivity (Wildman–Crippen MR) is 114 cm³/mol. The van der Waals surface area contributed by atoms with Gasteiger partial charge in [0, 0.05) is 48.5 Å². The molecule has 4 nitrogen and oxygen atoms in total. The van der Waals surface area contributed by atoms with Crippen LogP contribution in [0.5, 0.6) is 0 Å². The Bertz CT molecular complexity index is 1020. The third kappa shape index (κ3) is 3.60. The van der Waals surface area contributed by atoms with Crippen LogP contribution in [0.25, 0.3) is 5.69 Å². The molecule has 0 amide bonds. The summed E-state index contributed by atoms with van der Waals surface area (Å²) in [6.45, 7) is 9.60. The van der Waals surface area contributed by atoms with Crippen LogP contribution in [0, 0.1) is 0 Å². The van der Waals surface area contributed by atoms with Gasteiger partial charge in [-0.2, -0.15) is 0 Å². The largest absolute Gasteiger partial charge is 0.330 e. The van der Waals surface area contributed by atoms with Crippen molar-refractivity contribution in [3.05, 3.63) is 107 Å². The quantitative estimate of drug-likeness (QED) is 0.744. The second-order valence-electron chi connectivity index (χ2n) is 6.30. The zero-order chi connectivity index (χ0) is 19.4. The summed E-state index contributed by atoms with van der Waals surface area (Å²) >= 11 is 0. The molecule has 4 heteroatoms. The molecular formula is C23H23N3O. The van der Waals surface area contributed by atoms with Gasteiger partial charge in [0.25, 0.3) is 0 Å². The van der Waals surface area contributed by atoms with Gasteiger partial charge in [-0.1, -0.05) is 43.5 Å². The molecule has 1 aliphatic rings. The van der Waals surface area contributed by atoms with Crippen molar-refractivity contribution < 1.29 is 0 Å². The molecule has 1 aliphatic heterocycles. The van der Waals surface area contributed by atoms with E-state index in [2.05, 4.69) is 22.7 Å². The minimum Gasteiger partial charge on any atom is -0.330 e. The molecule has 0 atom stereocenters. The summed E-state index contributed by atoms with van der Waals surface area (Å²) in [6.07, 6.45) is 9.66. The molecule has 136 valence electrons. The molecule has 0 N–H and O–H groups in total. The van der Waals surface area contributed by atoms with E-state index in [0.29, 0.717) is 12.0 Å². The Balaban J connectivity index is 2.35. The first kappa shape index (κ1) is 18.4. The normalized spacial score (nSPS) is 13.4. The lowest BCUT2D eigenvalue weighted by Gasteiger charge is -2.27. The molecule has 0 aliphatic carbocycles. The van der Waals surface area contributed by atoms with E-state index in [4.69, 9.17) is 0 Å². The molecule has 0 bridgehead atoms. The van der Waals surface area contributed by atoms with Crippen molar-refractivity contribution in [3.63, 3.8) is 0 Å². The maximum absolute atomic E-state index is 12.9. The van der Waals surface area contributed by atoms with Gasteiger partial charge in [0.1, 0.15) is 5.82 Å². The standard InChI is InChI=1S/C23H23N3O/c1-5-10-18(6-2)25(4)23-15-22(27)20-16-24-17(3)13-14-21(20)26(23)19-11-8-7-9-12-19/h5-13,15-16H,1-2,14H2,3-4H3/b18-10+. The van der Waals surface area contributed by atoms with Crippen LogP contribution < -0.4 is 10.3 Å². The molecule has 27 heavy (non-hydrogen) atoms. The first-order valence-electron chi connectivity index (χ1n) is 8.81. The second-order valence-corrected chi connectivity index (χ2v) is 6.30. The predicted octanol–water partition coefficient (Wildman–Crippen LogP) is 4.41. The molecule has 0 fully saturated rings. The van der Waals surface area contributed by atoms with Crippen molar-refractivity contribution >= 4 is 12.0 Å². The van der Waals surface area contributed by atoms with Crippen LogP contribution in [0.3, 0.4) is 0 Å². The van der Waals surface area contributed by atoms with Crippen LogP contribution in [0.4, 0.5) is 5.82 Å². The van der Waals surface area contributed by atoms with Gasteiger partial charge < -0.3 is 4.90 Å². The van der Waals surface area contributed by atoms with Gasteiger partial charge in [-0.25, -0.2) is 0 Å². The lowest BCUT2D eigenvalue weighted by atomic mass is 10.1. The molecular weight excluding hydrogens is 334 g/mol. The molecule has 0 saturated heterocycles. The monoisotopic (exact) mass is 357 g/mol. The summed E-state index contributed by atoms with van der Waals surface area (Å²) in [7, 11) is 1.92. The van der Waals surface area contributed by atoms with Gasteiger partial charge >= 0.3 is 0 Å². The van der Waals surface area contributed by atoms with Gasteiger partial charge in [0.05, 0.1) is 5.56 Å². The lowest BCUT2D eigenvalue weighted by Crippen LogP contribution is -2.26. The first-order chi connectivity index (χ1) is 13.1. The van der Waals surface area contributed by atoms with Crippen LogP contribution in [-0.4, -0.2) is 17.8 Å². The van der Waals surface area contributed by atoms with E-state index in [-0.39, 0.29) is 5.43 Å². The Hall–Kier alpha value is -3.40. The summed E-state index contributed by atoms with van der Waals surface area (Å²) in [4.78, 5) is 19.2. The van der Waals surface area contributed by atoms with E-state index in [1.807, 2.05) is 61.4 Å². The minimum atomic E-state index is -0.0482. The number of likely N-dealkylation sites (N-methyl/N-ethyl adjacent to an activating group) is 1. The number of rotatable bonds is 5. The number of pyridine rings is 1. The number of aliphatic imine (C=N–C) groups is 1. The van der Waals surface area contributed by atoms with Crippen molar-refractivity contribution in [2.75, 3.05) is 11.9 Å². The third-order valence-corrected chi connectivity index (χ3v) is 4.57. The highest BCUT2D eigenvalue weighted by atomic mass is 16.1. The molecule has 2 heterocycles. The number of anilines is 1. The van der Waals surface area contributed by atoms with Crippen LogP contribution in [0.15, 0.2) is 95.0 Å². The zero-order valence-corrected chi connectivity index (χ0v) is 15.7. The molecule has 0 saturated carbocycles. The lowest BCUT2D eigenvalue weighted by molar-refractivity contribution is 0.896. The van der Waals surface area contributed by atoms with Crippen LogP contribution in [-0.2, 0) is 6.42 Å². The van der Waals surface area contributed by atoms with Crippen LogP contribution >= 0.6 is 0 Å². The molecule has 0 spiro atoms. The van der Waals surface area contributed by atoms with E-state index in [9.17, 15) is 4.79 Å². The Labute approximate surface area is 159 Å². The summed E-state index contributed by atoms with van der Waals surface area (Å²) in [5.41, 5.74) is 4.23. The van der Waals surface area contributed by atoms with Crippen molar-refractivity contribution in [3.8, 4) is 5.69 Å². The minimum absolute atomic E-state index is 0.0482. The highest BCUT2D eigenvalue weighted by Gasteiger charge is 2.19. The van der Waals surface area contributed by atoms with Gasteiger partial charge in [-0.3, -0.25) is 14.4 Å². The first-order valence-corrected chi connectivity index (χ1v) is 8.81. The number of allylic oxidation sites excluding steroid dienone is 5. The van der Waals surface area contributed by atoms with Gasteiger partial charge in [-0.05, 0) is 31.2 Å². The molecule has 1 aromatic carbocycles. The molecule has 1 aromatic heterocycles. The van der Waals surface area contributed by atoms with Crippen molar-refractivity contribution in [1.82, 2.24) is 4.57 Å². The highest BCUT2D eigenvalue weighted by Crippen LogP contribution is 2.26. The molecule has 2 aromatic rings. The maximum atomic E-state index is 12.9. The fourth-order valence-corrected chi connectivity index (χ4v) is 3.15. The van der Waals surface area contributed by atoms with Gasteiger partial charge in [-0.15, -0.1) is 0 Å². The SMILES string of the molecule is C=C/C=C(\C=C)N(C)c1cc(=O)c2c(n1-c1ccccc1)CC=C(C)N=C2. The van der Waals surface area contributed by atoms with Crippen molar-refractivity contribution in [2.45, 2.75) is 13.3 Å². The number of para-hydroxylation sites is 1. The third-order valence-electron chi connectivity index (χ3n) is 4.57. The Morgan fingerprint density at radius 3 is 2.67 bits per heavy atom. The summed E-state index contributed by atoms with van der Waals surface area (Å²) in [5, 5.41) is 0. The maximum Gasteiger partial charge on any atom is 0.192 e. The van der Waals surface area contributed by atoms with E-state index in [0.717, 1.165) is 28.6 Å². The average molecular weight is 357 g/mol. The van der Waals surface area contributed by atoms with Gasteiger partial charge in [0.15, 0.2) is 5.43 Å². The number of aromatic nitrogens is 1. The zero-order valence-electron chi connectivity index (χ0n) is 15.7. The second kappa shape index (κ2) is 7.87. The summed E-state index contributed by atoms with van der Waals surface area (Å²) in [5.74, 6) is 0.763. The van der Waals surface area contributed by atoms with Crippen molar-refractivity contribution in [2.24, 2.45) is 4.99 Å². The van der Waals surface area contributed by atoms with E-state index in [1.165, 1.54) is 0 Å². The average Bonchev–Trinajstić information content (AvgIpc) is 2.88. The topological polar surface area (TPSA) is 37.6 Å². The number of nitrogens with zero attached hydrogens (tertiary/aromatic N) is 3. The van der Waals surface area contributed by atoms with E-state index in [1.54, 1.807) is 24.4 Å². The Kier molecular flexibility index (Phi) is 5.36. The smallest absolute Gasteiger partial charge is 0.192 e. The highest BCUT2D eigenvalue weighted by molar-refractivity contribution is 5.83. The number of benzene rings is 1. The fourth-order valence-electron chi connectivity index (χ4n) is 3.15. The van der Waals surface area contributed by atoms with Crippen molar-refractivity contribution in [1.29, 1.82) is 0 Å². The Morgan fingerprint density at radius 2 is 2.00 bits per heavy atom. The van der Waals surface area contributed by atoms with E-state index >= 15 is 0 Å². The van der Waals surface area contributed by atoms with Gasteiger partial charge in [0.2, 0.25) is 0 Å². The van der Waals surface area contributed by atoms with Crippen LogP contribution in [0.2, 0.25) is 0 Å². The van der Waals surface area contributed by atoms with Crippen LogP contribution in [0.1, 0.15) is 18.2 Å². The Morgan fingerprint density at radius 1 is 1.26 bits per heavy atom. The molecule has 3 rings (SSSR count). The summed E-state index contributed by atoms with van der Waals surface area (Å²) < 4.78 is 2.11. The number of hydrogen-bond donors (Lipinski definition) is 0. The number of hydrogen-bond acceptors (Lipinski definition) is 3. The fraction of sp³-hybridized carbons (Fsp3) is 0.130. The molecule has 0 unspecified atom stereocenters. The number of fused-ring (bicyclic) bond motifs is 1. The molecule has 0 radical (unpaired) electrons. The summed E-state index contributed by atoms with van der Waals surface area (Å²) in [6, 6.07) is 11.7.